The normalized spacial score (nSPS) is 14.5. The molecule has 0 saturated carbocycles. The minimum atomic E-state index is -0.206. The summed E-state index contributed by atoms with van der Waals surface area (Å²) in [6.45, 7) is 6.78. The summed E-state index contributed by atoms with van der Waals surface area (Å²) in [5.74, 6) is 0.902. The molecule has 2 aromatic carbocycles. The van der Waals surface area contributed by atoms with Gasteiger partial charge in [-0.25, -0.2) is 0 Å². The van der Waals surface area contributed by atoms with Crippen LogP contribution in [-0.2, 0) is 11.3 Å². The SMILES string of the molecule is CCOc1c(Br)cc(C(=O)Nc2ccc(CN3CCOCC3)cc2)cc1OC. The number of halogens is 1. The highest BCUT2D eigenvalue weighted by molar-refractivity contribution is 9.10. The smallest absolute Gasteiger partial charge is 0.255 e. The van der Waals surface area contributed by atoms with Crippen molar-refractivity contribution in [1.82, 2.24) is 4.90 Å². The molecule has 0 aliphatic carbocycles. The molecular weight excluding hydrogens is 424 g/mol. The molecule has 0 bridgehead atoms. The Labute approximate surface area is 173 Å². The fourth-order valence-electron chi connectivity index (χ4n) is 3.05. The minimum Gasteiger partial charge on any atom is -0.493 e. The van der Waals surface area contributed by atoms with Crippen LogP contribution in [-0.4, -0.2) is 50.8 Å². The summed E-state index contributed by atoms with van der Waals surface area (Å²) in [7, 11) is 1.55. The Morgan fingerprint density at radius 1 is 1.21 bits per heavy atom. The molecule has 1 aliphatic rings. The van der Waals surface area contributed by atoms with Gasteiger partial charge in [0, 0.05) is 30.9 Å². The Kier molecular flexibility index (Phi) is 7.30. The predicted octanol–water partition coefficient (Wildman–Crippen LogP) is 3.94. The Morgan fingerprint density at radius 3 is 2.57 bits per heavy atom. The quantitative estimate of drug-likeness (QED) is 0.694. The molecule has 1 heterocycles. The first-order valence-electron chi connectivity index (χ1n) is 9.31. The third-order valence-electron chi connectivity index (χ3n) is 4.50. The number of carbonyl (C=O) groups is 1. The standard InChI is InChI=1S/C21H25BrN2O4/c1-3-28-20-18(22)12-16(13-19(20)26-2)21(25)23-17-6-4-15(5-7-17)14-24-8-10-27-11-9-24/h4-7,12-13H,3,8-11,14H2,1-2H3,(H,23,25). The van der Waals surface area contributed by atoms with E-state index in [4.69, 9.17) is 14.2 Å². The Bertz CT molecular complexity index is 805. The molecule has 28 heavy (non-hydrogen) atoms. The third kappa shape index (κ3) is 5.25. The molecule has 0 spiro atoms. The average molecular weight is 449 g/mol. The fraction of sp³-hybridized carbons (Fsp3) is 0.381. The first-order chi connectivity index (χ1) is 13.6. The number of nitrogens with zero attached hydrogens (tertiary/aromatic N) is 1. The van der Waals surface area contributed by atoms with Crippen molar-refractivity contribution in [3.05, 3.63) is 52.0 Å². The van der Waals surface area contributed by atoms with Crippen LogP contribution in [0.2, 0.25) is 0 Å². The lowest BCUT2D eigenvalue weighted by atomic mass is 10.1. The lowest BCUT2D eigenvalue weighted by Crippen LogP contribution is -2.35. The van der Waals surface area contributed by atoms with Crippen molar-refractivity contribution < 1.29 is 19.0 Å². The van der Waals surface area contributed by atoms with Crippen molar-refractivity contribution in [1.29, 1.82) is 0 Å². The van der Waals surface area contributed by atoms with E-state index in [-0.39, 0.29) is 5.91 Å². The van der Waals surface area contributed by atoms with Gasteiger partial charge in [-0.05, 0) is 52.7 Å². The van der Waals surface area contributed by atoms with Crippen molar-refractivity contribution >= 4 is 27.5 Å². The molecule has 0 atom stereocenters. The summed E-state index contributed by atoms with van der Waals surface area (Å²) in [4.78, 5) is 15.0. The van der Waals surface area contributed by atoms with E-state index in [1.807, 2.05) is 31.2 Å². The zero-order valence-corrected chi connectivity index (χ0v) is 17.8. The lowest BCUT2D eigenvalue weighted by Gasteiger charge is -2.26. The molecule has 0 aromatic heterocycles. The zero-order chi connectivity index (χ0) is 19.9. The van der Waals surface area contributed by atoms with Gasteiger partial charge in [-0.3, -0.25) is 9.69 Å². The summed E-state index contributed by atoms with van der Waals surface area (Å²) >= 11 is 3.45. The van der Waals surface area contributed by atoms with Crippen LogP contribution in [0.1, 0.15) is 22.8 Å². The Hall–Kier alpha value is -2.09. The fourth-order valence-corrected chi connectivity index (χ4v) is 3.61. The third-order valence-corrected chi connectivity index (χ3v) is 5.09. The maximum atomic E-state index is 12.7. The number of hydrogen-bond donors (Lipinski definition) is 1. The van der Waals surface area contributed by atoms with Crippen LogP contribution in [0, 0.1) is 0 Å². The van der Waals surface area contributed by atoms with Gasteiger partial charge in [0.15, 0.2) is 11.5 Å². The van der Waals surface area contributed by atoms with Crippen LogP contribution in [0.4, 0.5) is 5.69 Å². The molecule has 1 fully saturated rings. The van der Waals surface area contributed by atoms with E-state index in [1.165, 1.54) is 5.56 Å². The average Bonchev–Trinajstić information content (AvgIpc) is 2.71. The summed E-state index contributed by atoms with van der Waals surface area (Å²) < 4.78 is 17.0. The number of amides is 1. The van der Waals surface area contributed by atoms with E-state index in [2.05, 4.69) is 26.1 Å². The number of ether oxygens (including phenoxy) is 3. The highest BCUT2D eigenvalue weighted by atomic mass is 79.9. The lowest BCUT2D eigenvalue weighted by molar-refractivity contribution is 0.0342. The summed E-state index contributed by atoms with van der Waals surface area (Å²) in [5, 5.41) is 2.93. The maximum Gasteiger partial charge on any atom is 0.255 e. The second-order valence-corrected chi connectivity index (χ2v) is 7.32. The van der Waals surface area contributed by atoms with Crippen molar-refractivity contribution in [2.24, 2.45) is 0 Å². The molecule has 0 unspecified atom stereocenters. The number of rotatable bonds is 7. The monoisotopic (exact) mass is 448 g/mol. The van der Waals surface area contributed by atoms with Gasteiger partial charge < -0.3 is 19.5 Å². The minimum absolute atomic E-state index is 0.206. The van der Waals surface area contributed by atoms with E-state index in [0.29, 0.717) is 28.1 Å². The summed E-state index contributed by atoms with van der Waals surface area (Å²) in [6.07, 6.45) is 0. The number of methoxy groups -OCH3 is 1. The van der Waals surface area contributed by atoms with Crippen LogP contribution in [0.3, 0.4) is 0 Å². The van der Waals surface area contributed by atoms with Gasteiger partial charge in [-0.15, -0.1) is 0 Å². The van der Waals surface area contributed by atoms with Crippen molar-refractivity contribution in [3.8, 4) is 11.5 Å². The highest BCUT2D eigenvalue weighted by Crippen LogP contribution is 2.36. The van der Waals surface area contributed by atoms with Crippen LogP contribution < -0.4 is 14.8 Å². The topological polar surface area (TPSA) is 60.0 Å². The van der Waals surface area contributed by atoms with Crippen molar-refractivity contribution in [3.63, 3.8) is 0 Å². The molecule has 1 N–H and O–H groups in total. The van der Waals surface area contributed by atoms with Crippen molar-refractivity contribution in [2.45, 2.75) is 13.5 Å². The predicted molar refractivity (Wildman–Crippen MR) is 112 cm³/mol. The number of carbonyl (C=O) groups excluding carboxylic acids is 1. The van der Waals surface area contributed by atoms with Crippen LogP contribution >= 0.6 is 15.9 Å². The van der Waals surface area contributed by atoms with E-state index < -0.39 is 0 Å². The van der Waals surface area contributed by atoms with E-state index in [9.17, 15) is 4.79 Å². The van der Waals surface area contributed by atoms with Crippen LogP contribution in [0.5, 0.6) is 11.5 Å². The molecule has 3 rings (SSSR count). The van der Waals surface area contributed by atoms with Gasteiger partial charge in [0.05, 0.1) is 31.4 Å². The van der Waals surface area contributed by atoms with Gasteiger partial charge >= 0.3 is 0 Å². The summed E-state index contributed by atoms with van der Waals surface area (Å²) in [6, 6.07) is 11.3. The van der Waals surface area contributed by atoms with Gasteiger partial charge in [0.1, 0.15) is 0 Å². The second-order valence-electron chi connectivity index (χ2n) is 6.46. The Morgan fingerprint density at radius 2 is 1.93 bits per heavy atom. The molecule has 1 amide bonds. The van der Waals surface area contributed by atoms with E-state index in [0.717, 1.165) is 38.5 Å². The van der Waals surface area contributed by atoms with Crippen LogP contribution in [0.25, 0.3) is 0 Å². The molecular formula is C21H25BrN2O4. The van der Waals surface area contributed by atoms with E-state index in [1.54, 1.807) is 19.2 Å². The number of hydrogen-bond acceptors (Lipinski definition) is 5. The largest absolute Gasteiger partial charge is 0.493 e. The zero-order valence-electron chi connectivity index (χ0n) is 16.2. The number of anilines is 1. The summed E-state index contributed by atoms with van der Waals surface area (Å²) in [5.41, 5.74) is 2.45. The van der Waals surface area contributed by atoms with Gasteiger partial charge in [-0.1, -0.05) is 12.1 Å². The Balaban J connectivity index is 1.66. The van der Waals surface area contributed by atoms with Gasteiger partial charge in [-0.2, -0.15) is 0 Å². The first-order valence-corrected chi connectivity index (χ1v) is 10.1. The molecule has 7 heteroatoms. The number of benzene rings is 2. The molecule has 150 valence electrons. The van der Waals surface area contributed by atoms with Gasteiger partial charge in [0.25, 0.3) is 5.91 Å². The second kappa shape index (κ2) is 9.91. The van der Waals surface area contributed by atoms with Crippen molar-refractivity contribution in [2.75, 3.05) is 45.3 Å². The highest BCUT2D eigenvalue weighted by Gasteiger charge is 2.16. The maximum absolute atomic E-state index is 12.7. The first kappa shape index (κ1) is 20.6. The molecule has 2 aromatic rings. The molecule has 1 aliphatic heterocycles. The number of nitrogens with one attached hydrogen (secondary N) is 1. The number of morpholine rings is 1. The molecule has 1 saturated heterocycles. The van der Waals surface area contributed by atoms with Gasteiger partial charge in [0.2, 0.25) is 0 Å². The van der Waals surface area contributed by atoms with Crippen LogP contribution in [0.15, 0.2) is 40.9 Å². The molecule has 6 nitrogen and oxygen atoms in total. The molecule has 0 radical (unpaired) electrons. The van der Waals surface area contributed by atoms with E-state index >= 15 is 0 Å².